The number of nitrogens with one attached hydrogen (secondary N) is 1. The molecule has 10 heavy (non-hydrogen) atoms. The molecule has 0 amide bonds. The van der Waals surface area contributed by atoms with Crippen molar-refractivity contribution < 1.29 is 0 Å². The van der Waals surface area contributed by atoms with Gasteiger partial charge in [0.2, 0.25) is 0 Å². The molecule has 0 radical (unpaired) electrons. The predicted molar refractivity (Wildman–Crippen MR) is 40.2 cm³/mol. The lowest BCUT2D eigenvalue weighted by Gasteiger charge is -2.00. The van der Waals surface area contributed by atoms with Crippen LogP contribution in [0.2, 0.25) is 5.02 Å². The van der Waals surface area contributed by atoms with Gasteiger partial charge in [0.25, 0.3) is 0 Å². The van der Waals surface area contributed by atoms with Gasteiger partial charge in [0.1, 0.15) is 5.49 Å². The largest absolute Gasteiger partial charge is 0.338 e. The molecule has 0 spiro atoms. The predicted octanol–water partition coefficient (Wildman–Crippen LogP) is 0.643. The Morgan fingerprint density at radius 2 is 2.30 bits per heavy atom. The average Bonchev–Trinajstić information content (AvgIpc) is 1.82. The zero-order valence-corrected chi connectivity index (χ0v) is 6.31. The van der Waals surface area contributed by atoms with Crippen LogP contribution in [0.4, 0.5) is 0 Å². The van der Waals surface area contributed by atoms with Crippen LogP contribution in [0.25, 0.3) is 0 Å². The van der Waals surface area contributed by atoms with E-state index in [0.29, 0.717) is 5.02 Å². The molecule has 0 aliphatic heterocycles. The van der Waals surface area contributed by atoms with Crippen molar-refractivity contribution in [3.8, 4) is 0 Å². The van der Waals surface area contributed by atoms with Crippen LogP contribution in [-0.4, -0.2) is 4.68 Å². The number of nitrogens with two attached hydrogens (primary N) is 1. The van der Waals surface area contributed by atoms with Crippen LogP contribution in [0.1, 0.15) is 5.56 Å². The Labute approximate surface area is 63.5 Å². The standard InChI is InChI=1S/C6H8ClN3/c1-4-2-5(7)3-10(9)6(4)8/h2-3,8H,9H2,1H3. The maximum atomic E-state index is 7.32. The minimum atomic E-state index is 0.282. The summed E-state index contributed by atoms with van der Waals surface area (Å²) < 4.78 is 1.19. The third-order valence-corrected chi connectivity index (χ3v) is 1.46. The molecule has 0 fully saturated rings. The van der Waals surface area contributed by atoms with E-state index in [1.807, 2.05) is 0 Å². The molecular weight excluding hydrogens is 150 g/mol. The van der Waals surface area contributed by atoms with Crippen molar-refractivity contribution in [2.75, 3.05) is 5.84 Å². The van der Waals surface area contributed by atoms with Gasteiger partial charge in [-0.1, -0.05) is 11.6 Å². The highest BCUT2D eigenvalue weighted by Crippen LogP contribution is 2.04. The van der Waals surface area contributed by atoms with Gasteiger partial charge in [-0.15, -0.1) is 0 Å². The number of aromatic nitrogens is 1. The van der Waals surface area contributed by atoms with Crippen LogP contribution in [0, 0.1) is 12.3 Å². The topological polar surface area (TPSA) is 54.8 Å². The zero-order valence-electron chi connectivity index (χ0n) is 5.56. The first kappa shape index (κ1) is 7.15. The van der Waals surface area contributed by atoms with Crippen molar-refractivity contribution in [1.82, 2.24) is 4.68 Å². The number of pyridine rings is 1. The highest BCUT2D eigenvalue weighted by Gasteiger charge is 1.93. The molecule has 3 nitrogen and oxygen atoms in total. The SMILES string of the molecule is Cc1cc(Cl)cn(N)c1=N. The van der Waals surface area contributed by atoms with Crippen LogP contribution in [-0.2, 0) is 0 Å². The maximum absolute atomic E-state index is 7.32. The summed E-state index contributed by atoms with van der Waals surface area (Å²) in [6, 6.07) is 1.70. The minimum absolute atomic E-state index is 0.282. The van der Waals surface area contributed by atoms with E-state index in [-0.39, 0.29) is 5.49 Å². The number of rotatable bonds is 0. The number of nitrogen functional groups attached to an aromatic ring is 1. The Kier molecular flexibility index (Phi) is 1.68. The summed E-state index contributed by atoms with van der Waals surface area (Å²) in [4.78, 5) is 0. The van der Waals surface area contributed by atoms with Gasteiger partial charge in [0, 0.05) is 6.20 Å². The number of aryl methyl sites for hydroxylation is 1. The molecular formula is C6H8ClN3. The van der Waals surface area contributed by atoms with E-state index < -0.39 is 0 Å². The summed E-state index contributed by atoms with van der Waals surface area (Å²) >= 11 is 5.64. The normalized spacial score (nSPS) is 9.80. The molecule has 0 atom stereocenters. The molecule has 0 aliphatic carbocycles. The summed E-state index contributed by atoms with van der Waals surface area (Å²) in [7, 11) is 0. The first-order chi connectivity index (χ1) is 4.61. The molecule has 0 bridgehead atoms. The maximum Gasteiger partial charge on any atom is 0.146 e. The molecule has 0 saturated carbocycles. The Morgan fingerprint density at radius 3 is 2.80 bits per heavy atom. The number of nitrogens with zero attached hydrogens (tertiary/aromatic N) is 1. The van der Waals surface area contributed by atoms with Crippen LogP contribution >= 0.6 is 11.6 Å². The minimum Gasteiger partial charge on any atom is -0.338 e. The zero-order chi connectivity index (χ0) is 7.72. The lowest BCUT2D eigenvalue weighted by atomic mass is 10.3. The van der Waals surface area contributed by atoms with E-state index in [1.54, 1.807) is 13.0 Å². The third kappa shape index (κ3) is 1.14. The van der Waals surface area contributed by atoms with Crippen molar-refractivity contribution in [3.63, 3.8) is 0 Å². The van der Waals surface area contributed by atoms with Gasteiger partial charge in [-0.3, -0.25) is 10.1 Å². The van der Waals surface area contributed by atoms with E-state index in [0.717, 1.165) is 5.56 Å². The Balaban J connectivity index is 3.46. The molecule has 1 aromatic heterocycles. The van der Waals surface area contributed by atoms with Crippen LogP contribution < -0.4 is 11.3 Å². The van der Waals surface area contributed by atoms with Crippen LogP contribution in [0.5, 0.6) is 0 Å². The van der Waals surface area contributed by atoms with Gasteiger partial charge in [0.05, 0.1) is 5.02 Å². The first-order valence-corrected chi connectivity index (χ1v) is 3.17. The highest BCUT2D eigenvalue weighted by atomic mass is 35.5. The fourth-order valence-electron chi connectivity index (χ4n) is 0.714. The van der Waals surface area contributed by atoms with Crippen molar-refractivity contribution in [1.29, 1.82) is 5.41 Å². The number of hydrogen-bond donors (Lipinski definition) is 2. The molecule has 0 unspecified atom stereocenters. The monoisotopic (exact) mass is 157 g/mol. The second-order valence-electron chi connectivity index (χ2n) is 2.10. The summed E-state index contributed by atoms with van der Waals surface area (Å²) in [6.07, 6.45) is 1.50. The van der Waals surface area contributed by atoms with Gasteiger partial charge in [-0.05, 0) is 18.6 Å². The van der Waals surface area contributed by atoms with Crippen molar-refractivity contribution in [2.45, 2.75) is 6.92 Å². The summed E-state index contributed by atoms with van der Waals surface area (Å²) in [5.41, 5.74) is 1.06. The Hall–Kier alpha value is -0.960. The summed E-state index contributed by atoms with van der Waals surface area (Å²) in [6.45, 7) is 1.79. The molecule has 4 heteroatoms. The Bertz CT molecular complexity index is 276. The van der Waals surface area contributed by atoms with Crippen LogP contribution in [0.15, 0.2) is 12.3 Å². The molecule has 1 rings (SSSR count). The first-order valence-electron chi connectivity index (χ1n) is 2.80. The van der Waals surface area contributed by atoms with Crippen molar-refractivity contribution in [3.05, 3.63) is 28.3 Å². The molecule has 1 aromatic rings. The molecule has 3 N–H and O–H groups in total. The molecule has 1 heterocycles. The van der Waals surface area contributed by atoms with Crippen LogP contribution in [0.3, 0.4) is 0 Å². The summed E-state index contributed by atoms with van der Waals surface area (Å²) in [5.74, 6) is 5.37. The lowest BCUT2D eigenvalue weighted by Crippen LogP contribution is -2.28. The smallest absolute Gasteiger partial charge is 0.146 e. The second-order valence-corrected chi connectivity index (χ2v) is 2.53. The molecule has 0 aromatic carbocycles. The van der Waals surface area contributed by atoms with Gasteiger partial charge < -0.3 is 5.84 Å². The van der Waals surface area contributed by atoms with Crippen molar-refractivity contribution >= 4 is 11.6 Å². The Morgan fingerprint density at radius 1 is 1.70 bits per heavy atom. The fraction of sp³-hybridized carbons (Fsp3) is 0.167. The molecule has 0 saturated heterocycles. The highest BCUT2D eigenvalue weighted by molar-refractivity contribution is 6.30. The number of hydrogen-bond acceptors (Lipinski definition) is 2. The number of halogens is 1. The second kappa shape index (κ2) is 2.34. The average molecular weight is 158 g/mol. The quantitative estimate of drug-likeness (QED) is 0.534. The fourth-order valence-corrected chi connectivity index (χ4v) is 0.982. The third-order valence-electron chi connectivity index (χ3n) is 1.25. The van der Waals surface area contributed by atoms with E-state index in [4.69, 9.17) is 22.9 Å². The van der Waals surface area contributed by atoms with Gasteiger partial charge >= 0.3 is 0 Å². The van der Waals surface area contributed by atoms with Crippen molar-refractivity contribution in [2.24, 2.45) is 0 Å². The van der Waals surface area contributed by atoms with E-state index in [2.05, 4.69) is 0 Å². The lowest BCUT2D eigenvalue weighted by molar-refractivity contribution is 0.864. The molecule has 54 valence electrons. The van der Waals surface area contributed by atoms with E-state index in [9.17, 15) is 0 Å². The van der Waals surface area contributed by atoms with Gasteiger partial charge in [-0.2, -0.15) is 0 Å². The summed E-state index contributed by atoms with van der Waals surface area (Å²) in [5, 5.41) is 7.87. The van der Waals surface area contributed by atoms with E-state index >= 15 is 0 Å². The van der Waals surface area contributed by atoms with Gasteiger partial charge in [0.15, 0.2) is 0 Å². The molecule has 0 aliphatic rings. The van der Waals surface area contributed by atoms with Gasteiger partial charge in [-0.25, -0.2) is 0 Å². The van der Waals surface area contributed by atoms with E-state index in [1.165, 1.54) is 10.9 Å².